The van der Waals surface area contributed by atoms with E-state index in [0.717, 1.165) is 51.7 Å². The zero-order valence-electron chi connectivity index (χ0n) is 38.5. The number of fused-ring (bicyclic) bond motifs is 2. The lowest BCUT2D eigenvalue weighted by Gasteiger charge is -2.12. The number of hydrogen-bond donors (Lipinski definition) is 0. The summed E-state index contributed by atoms with van der Waals surface area (Å²) in [5, 5.41) is 5.13. The molecule has 2 nitrogen and oxygen atoms in total. The summed E-state index contributed by atoms with van der Waals surface area (Å²) in [6.45, 7) is 7.50. The highest BCUT2D eigenvalue weighted by Crippen LogP contribution is 2.29. The van der Waals surface area contributed by atoms with Gasteiger partial charge in [-0.3, -0.25) is 0 Å². The van der Waals surface area contributed by atoms with E-state index in [-0.39, 0.29) is 0 Å². The van der Waals surface area contributed by atoms with Gasteiger partial charge in [-0.2, -0.15) is 0 Å². The quantitative estimate of drug-likeness (QED) is 0.0340. The molecule has 0 saturated heterocycles. The van der Waals surface area contributed by atoms with Crippen LogP contribution in [-0.4, -0.2) is 13.2 Å². The number of hydrogen-bond acceptors (Lipinski definition) is 2. The van der Waals surface area contributed by atoms with Crippen LogP contribution in [0.3, 0.4) is 0 Å². The summed E-state index contributed by atoms with van der Waals surface area (Å²) in [5.74, 6) is 25.2. The van der Waals surface area contributed by atoms with Crippen molar-refractivity contribution in [3.8, 4) is 47.4 Å². The molecule has 0 fully saturated rings. The first-order valence-corrected chi connectivity index (χ1v) is 24.8. The van der Waals surface area contributed by atoms with Crippen LogP contribution in [0.4, 0.5) is 0 Å². The molecule has 0 amide bonds. The van der Waals surface area contributed by atoms with E-state index in [0.29, 0.717) is 13.2 Å². The molecule has 3 aromatic rings. The average Bonchev–Trinajstić information content (AvgIpc) is 3.27. The highest BCUT2D eigenvalue weighted by Gasteiger charge is 2.07. The van der Waals surface area contributed by atoms with Crippen LogP contribution in [0.5, 0.6) is 0 Å². The molecule has 0 heterocycles. The van der Waals surface area contributed by atoms with Crippen molar-refractivity contribution in [2.75, 3.05) is 13.2 Å². The van der Waals surface area contributed by atoms with Gasteiger partial charge in [-0.05, 0) is 107 Å². The van der Waals surface area contributed by atoms with E-state index in [9.17, 15) is 0 Å². The van der Waals surface area contributed by atoms with Crippen molar-refractivity contribution in [2.24, 2.45) is 0 Å². The lowest BCUT2D eigenvalue weighted by molar-refractivity contribution is 0.117. The van der Waals surface area contributed by atoms with Gasteiger partial charge >= 0.3 is 0 Å². The minimum atomic E-state index is 0.662. The average molecular weight is 811 g/mol. The predicted molar refractivity (Wildman–Crippen MR) is 262 cm³/mol. The van der Waals surface area contributed by atoms with Crippen LogP contribution in [0.15, 0.2) is 48.5 Å². The van der Waals surface area contributed by atoms with Crippen molar-refractivity contribution in [3.05, 3.63) is 59.7 Å². The lowest BCUT2D eigenvalue weighted by Crippen LogP contribution is -1.98. The molecule has 0 N–H and O–H groups in total. The Hall–Kier alpha value is -3.66. The maximum Gasteiger partial charge on any atom is 0.0722 e. The fraction of sp³-hybridized carbons (Fsp3) is 0.621. The summed E-state index contributed by atoms with van der Waals surface area (Å²) >= 11 is 0. The Labute approximate surface area is 369 Å². The van der Waals surface area contributed by atoms with Gasteiger partial charge in [0, 0.05) is 38.9 Å². The molecule has 0 radical (unpaired) electrons. The van der Waals surface area contributed by atoms with E-state index in [4.69, 9.17) is 9.47 Å². The number of benzene rings is 3. The monoisotopic (exact) mass is 811 g/mol. The van der Waals surface area contributed by atoms with Gasteiger partial charge in [0.25, 0.3) is 0 Å². The zero-order chi connectivity index (χ0) is 42.2. The zero-order valence-corrected chi connectivity index (χ0v) is 38.5. The SMILES string of the molecule is CCCCCCCCCC#CC#CCCCCCCCCOCc1cccc2cc3c(COCCCCCCCCC#CC#CCCCCCCCCC)cccc3cc12. The Morgan fingerprint density at radius 2 is 0.650 bits per heavy atom. The van der Waals surface area contributed by atoms with Crippen LogP contribution >= 0.6 is 0 Å². The Kier molecular flexibility index (Phi) is 31.4. The van der Waals surface area contributed by atoms with E-state index in [2.05, 4.69) is 110 Å². The van der Waals surface area contributed by atoms with E-state index in [1.165, 1.54) is 187 Å². The fourth-order valence-electron chi connectivity index (χ4n) is 7.81. The highest BCUT2D eigenvalue weighted by molar-refractivity contribution is 6.00. The van der Waals surface area contributed by atoms with E-state index >= 15 is 0 Å². The van der Waals surface area contributed by atoms with Crippen LogP contribution in [0.25, 0.3) is 21.5 Å². The molecule has 0 atom stereocenters. The van der Waals surface area contributed by atoms with Crippen LogP contribution < -0.4 is 0 Å². The normalized spacial score (nSPS) is 10.7. The number of ether oxygens (including phenoxy) is 2. The molecule has 0 saturated carbocycles. The molecule has 0 unspecified atom stereocenters. The molecule has 3 aromatic carbocycles. The third-order valence-electron chi connectivity index (χ3n) is 11.5. The van der Waals surface area contributed by atoms with Crippen LogP contribution in [0.1, 0.15) is 218 Å². The van der Waals surface area contributed by atoms with Crippen molar-refractivity contribution < 1.29 is 9.47 Å². The van der Waals surface area contributed by atoms with Crippen molar-refractivity contribution >= 4 is 21.5 Å². The molecule has 2 heteroatoms. The van der Waals surface area contributed by atoms with Gasteiger partial charge < -0.3 is 9.47 Å². The van der Waals surface area contributed by atoms with Gasteiger partial charge in [-0.15, -0.1) is 0 Å². The van der Waals surface area contributed by atoms with Gasteiger partial charge in [0.15, 0.2) is 0 Å². The van der Waals surface area contributed by atoms with Gasteiger partial charge in [0.2, 0.25) is 0 Å². The Morgan fingerprint density at radius 1 is 0.350 bits per heavy atom. The minimum Gasteiger partial charge on any atom is -0.377 e. The topological polar surface area (TPSA) is 18.5 Å². The molecular formula is C58H82O2. The third-order valence-corrected chi connectivity index (χ3v) is 11.5. The maximum absolute atomic E-state index is 6.19. The summed E-state index contributed by atoms with van der Waals surface area (Å²) < 4.78 is 12.4. The standard InChI is InChI=1S/C58H82O2/c1-3-5-7-9-11-13-15-17-19-21-23-25-27-29-31-33-35-37-39-47-59-51-55-45-41-43-53-50-58-54(49-57(53)55)44-42-46-56(58)52-60-48-40-38-36-34-32-30-28-26-24-22-20-18-16-14-12-10-8-6-4-2/h41-46,49-50H,3-18,27-40,47-48,51-52H2,1-2H3. The summed E-state index contributed by atoms with van der Waals surface area (Å²) in [6.07, 6.45) is 37.4. The molecule has 0 spiro atoms. The van der Waals surface area contributed by atoms with Gasteiger partial charge in [-0.25, -0.2) is 0 Å². The van der Waals surface area contributed by atoms with Crippen molar-refractivity contribution in [1.29, 1.82) is 0 Å². The molecule has 326 valence electrons. The second kappa shape index (κ2) is 37.1. The molecule has 0 aliphatic carbocycles. The van der Waals surface area contributed by atoms with Crippen molar-refractivity contribution in [2.45, 2.75) is 220 Å². The number of rotatable bonds is 34. The van der Waals surface area contributed by atoms with Crippen LogP contribution in [0.2, 0.25) is 0 Å². The first-order chi connectivity index (χ1) is 29.8. The Bertz CT molecular complexity index is 1650. The maximum atomic E-state index is 6.19. The first kappa shape index (κ1) is 50.7. The first-order valence-electron chi connectivity index (χ1n) is 24.8. The molecule has 3 rings (SSSR count). The highest BCUT2D eigenvalue weighted by atomic mass is 16.5. The van der Waals surface area contributed by atoms with Gasteiger partial charge in [0.1, 0.15) is 0 Å². The summed E-state index contributed by atoms with van der Waals surface area (Å²) in [6, 6.07) is 17.9. The largest absolute Gasteiger partial charge is 0.377 e. The van der Waals surface area contributed by atoms with Gasteiger partial charge in [0.05, 0.1) is 13.2 Å². The molecule has 0 aliphatic heterocycles. The summed E-state index contributed by atoms with van der Waals surface area (Å²) in [7, 11) is 0. The third kappa shape index (κ3) is 25.2. The van der Waals surface area contributed by atoms with Crippen LogP contribution in [-0.2, 0) is 22.7 Å². The second-order valence-electron chi connectivity index (χ2n) is 16.9. The van der Waals surface area contributed by atoms with Crippen molar-refractivity contribution in [3.63, 3.8) is 0 Å². The van der Waals surface area contributed by atoms with Gasteiger partial charge in [-0.1, -0.05) is 202 Å². The predicted octanol–water partition coefficient (Wildman–Crippen LogP) is 16.8. The lowest BCUT2D eigenvalue weighted by atomic mass is 9.97. The van der Waals surface area contributed by atoms with E-state index in [1.54, 1.807) is 0 Å². The number of unbranched alkanes of at least 4 members (excludes halogenated alkanes) is 26. The summed E-state index contributed by atoms with van der Waals surface area (Å²) in [4.78, 5) is 0. The summed E-state index contributed by atoms with van der Waals surface area (Å²) in [5.41, 5.74) is 2.54. The Balaban J connectivity index is 1.20. The molecule has 60 heavy (non-hydrogen) atoms. The van der Waals surface area contributed by atoms with Crippen molar-refractivity contribution in [1.82, 2.24) is 0 Å². The fourth-order valence-corrected chi connectivity index (χ4v) is 7.81. The second-order valence-corrected chi connectivity index (χ2v) is 16.9. The molecule has 0 bridgehead atoms. The van der Waals surface area contributed by atoms with E-state index in [1.807, 2.05) is 0 Å². The Morgan fingerprint density at radius 3 is 0.983 bits per heavy atom. The van der Waals surface area contributed by atoms with Crippen LogP contribution in [0, 0.1) is 47.4 Å². The molecule has 0 aliphatic rings. The minimum absolute atomic E-state index is 0.662. The smallest absolute Gasteiger partial charge is 0.0722 e. The molecular weight excluding hydrogens is 729 g/mol. The van der Waals surface area contributed by atoms with E-state index < -0.39 is 0 Å². The molecule has 0 aromatic heterocycles.